The van der Waals surface area contributed by atoms with Crippen LogP contribution in [0.25, 0.3) is 0 Å². The van der Waals surface area contributed by atoms with E-state index in [1.807, 2.05) is 30.5 Å². The molecule has 14 heavy (non-hydrogen) atoms. The molecule has 1 atom stereocenters. The van der Waals surface area contributed by atoms with E-state index in [-0.39, 0.29) is 6.04 Å². The van der Waals surface area contributed by atoms with Gasteiger partial charge in [-0.2, -0.15) is 11.3 Å². The van der Waals surface area contributed by atoms with E-state index in [9.17, 15) is 0 Å². The number of rotatable bonds is 3. The molecule has 0 spiro atoms. The standard InChI is InChI=1S/C10H12N2OS/c1-7-2-3-9(13-7)10(12-11)8-4-5-14-6-8/h2-6,10,12H,11H2,1H3. The molecule has 0 aliphatic heterocycles. The van der Waals surface area contributed by atoms with Crippen molar-refractivity contribution < 1.29 is 4.42 Å². The van der Waals surface area contributed by atoms with Crippen molar-refractivity contribution in [3.8, 4) is 0 Å². The van der Waals surface area contributed by atoms with Crippen molar-refractivity contribution in [1.82, 2.24) is 5.43 Å². The fraction of sp³-hybridized carbons (Fsp3) is 0.200. The third-order valence-electron chi connectivity index (χ3n) is 2.09. The first-order valence-corrected chi connectivity index (χ1v) is 5.30. The van der Waals surface area contributed by atoms with Gasteiger partial charge in [-0.05, 0) is 41.4 Å². The number of hydrogen-bond acceptors (Lipinski definition) is 4. The Morgan fingerprint density at radius 1 is 1.43 bits per heavy atom. The molecule has 2 heterocycles. The SMILES string of the molecule is Cc1ccc(C(NN)c2ccsc2)o1. The van der Waals surface area contributed by atoms with E-state index in [2.05, 4.69) is 10.8 Å². The average molecular weight is 208 g/mol. The number of nitrogens with two attached hydrogens (primary N) is 1. The second-order valence-electron chi connectivity index (χ2n) is 3.10. The minimum absolute atomic E-state index is 0.0463. The summed E-state index contributed by atoms with van der Waals surface area (Å²) in [6.45, 7) is 1.92. The van der Waals surface area contributed by atoms with Gasteiger partial charge in [-0.1, -0.05) is 0 Å². The maximum Gasteiger partial charge on any atom is 0.126 e. The molecule has 0 aromatic carbocycles. The van der Waals surface area contributed by atoms with E-state index in [1.165, 1.54) is 0 Å². The van der Waals surface area contributed by atoms with Gasteiger partial charge < -0.3 is 4.42 Å². The normalized spacial score (nSPS) is 13.0. The molecule has 3 nitrogen and oxygen atoms in total. The average Bonchev–Trinajstić information content (AvgIpc) is 2.79. The molecule has 0 bridgehead atoms. The topological polar surface area (TPSA) is 51.2 Å². The van der Waals surface area contributed by atoms with E-state index < -0.39 is 0 Å². The molecule has 3 N–H and O–H groups in total. The summed E-state index contributed by atoms with van der Waals surface area (Å²) in [4.78, 5) is 0. The van der Waals surface area contributed by atoms with Crippen molar-refractivity contribution >= 4 is 11.3 Å². The molecule has 0 aliphatic carbocycles. The molecule has 74 valence electrons. The summed E-state index contributed by atoms with van der Waals surface area (Å²) < 4.78 is 5.52. The van der Waals surface area contributed by atoms with Crippen molar-refractivity contribution in [3.63, 3.8) is 0 Å². The highest BCUT2D eigenvalue weighted by molar-refractivity contribution is 7.07. The van der Waals surface area contributed by atoms with Crippen molar-refractivity contribution in [2.75, 3.05) is 0 Å². The fourth-order valence-corrected chi connectivity index (χ4v) is 2.08. The summed E-state index contributed by atoms with van der Waals surface area (Å²) in [5.74, 6) is 7.25. The van der Waals surface area contributed by atoms with Gasteiger partial charge in [-0.15, -0.1) is 0 Å². The smallest absolute Gasteiger partial charge is 0.126 e. The van der Waals surface area contributed by atoms with E-state index in [1.54, 1.807) is 11.3 Å². The Labute approximate surface area is 86.5 Å². The lowest BCUT2D eigenvalue weighted by atomic mass is 10.1. The molecule has 0 saturated carbocycles. The van der Waals surface area contributed by atoms with Gasteiger partial charge >= 0.3 is 0 Å². The predicted molar refractivity (Wildman–Crippen MR) is 56.9 cm³/mol. The Balaban J connectivity index is 2.31. The molecule has 4 heteroatoms. The summed E-state index contributed by atoms with van der Waals surface area (Å²) in [5.41, 5.74) is 3.88. The quantitative estimate of drug-likeness (QED) is 0.600. The van der Waals surface area contributed by atoms with E-state index >= 15 is 0 Å². The van der Waals surface area contributed by atoms with Crippen LogP contribution in [0.4, 0.5) is 0 Å². The summed E-state index contributed by atoms with van der Waals surface area (Å²) in [6, 6.07) is 5.87. The number of furan rings is 1. The van der Waals surface area contributed by atoms with Gasteiger partial charge in [0.05, 0.1) is 0 Å². The lowest BCUT2D eigenvalue weighted by Gasteiger charge is -2.11. The van der Waals surface area contributed by atoms with Crippen molar-refractivity contribution in [2.24, 2.45) is 5.84 Å². The van der Waals surface area contributed by atoms with Gasteiger partial charge in [0.1, 0.15) is 17.6 Å². The number of aryl methyl sites for hydroxylation is 1. The highest BCUT2D eigenvalue weighted by atomic mass is 32.1. The van der Waals surface area contributed by atoms with Crippen LogP contribution in [0.1, 0.15) is 23.1 Å². The Morgan fingerprint density at radius 3 is 2.79 bits per heavy atom. The zero-order valence-electron chi connectivity index (χ0n) is 7.86. The summed E-state index contributed by atoms with van der Waals surface area (Å²) in [7, 11) is 0. The van der Waals surface area contributed by atoms with Crippen molar-refractivity contribution in [3.05, 3.63) is 46.0 Å². The summed E-state index contributed by atoms with van der Waals surface area (Å²) in [6.07, 6.45) is 0. The molecule has 0 amide bonds. The Kier molecular flexibility index (Phi) is 2.67. The van der Waals surface area contributed by atoms with Crippen LogP contribution in [-0.4, -0.2) is 0 Å². The first-order chi connectivity index (χ1) is 6.81. The first kappa shape index (κ1) is 9.45. The lowest BCUT2D eigenvalue weighted by molar-refractivity contribution is 0.435. The summed E-state index contributed by atoms with van der Waals surface area (Å²) in [5, 5.41) is 4.08. The number of hydrogen-bond donors (Lipinski definition) is 2. The Morgan fingerprint density at radius 2 is 2.29 bits per heavy atom. The Bertz CT molecular complexity index is 394. The van der Waals surface area contributed by atoms with Crippen LogP contribution in [0, 0.1) is 6.92 Å². The fourth-order valence-electron chi connectivity index (χ4n) is 1.39. The minimum atomic E-state index is -0.0463. The highest BCUT2D eigenvalue weighted by Gasteiger charge is 2.15. The molecule has 0 aliphatic rings. The number of nitrogens with one attached hydrogen (secondary N) is 1. The van der Waals surface area contributed by atoms with Crippen LogP contribution in [-0.2, 0) is 0 Å². The van der Waals surface area contributed by atoms with E-state index in [0.717, 1.165) is 17.1 Å². The first-order valence-electron chi connectivity index (χ1n) is 4.36. The number of thiophene rings is 1. The molecule has 0 fully saturated rings. The maximum atomic E-state index is 5.52. The molecular formula is C10H12N2OS. The van der Waals surface area contributed by atoms with Gasteiger partial charge in [0.25, 0.3) is 0 Å². The third-order valence-corrected chi connectivity index (χ3v) is 2.79. The largest absolute Gasteiger partial charge is 0.464 e. The van der Waals surface area contributed by atoms with Crippen LogP contribution in [0.15, 0.2) is 33.4 Å². The molecule has 2 aromatic rings. The van der Waals surface area contributed by atoms with Crippen LogP contribution in [0.3, 0.4) is 0 Å². The van der Waals surface area contributed by atoms with Crippen LogP contribution in [0.5, 0.6) is 0 Å². The molecule has 0 radical (unpaired) electrons. The van der Waals surface area contributed by atoms with Crippen LogP contribution < -0.4 is 11.3 Å². The zero-order valence-corrected chi connectivity index (χ0v) is 8.67. The zero-order chi connectivity index (χ0) is 9.97. The minimum Gasteiger partial charge on any atom is -0.464 e. The van der Waals surface area contributed by atoms with Crippen LogP contribution >= 0.6 is 11.3 Å². The highest BCUT2D eigenvalue weighted by Crippen LogP contribution is 2.24. The number of hydrazine groups is 1. The molecular weight excluding hydrogens is 196 g/mol. The Hall–Kier alpha value is -1.10. The summed E-state index contributed by atoms with van der Waals surface area (Å²) >= 11 is 1.65. The molecule has 2 aromatic heterocycles. The molecule has 0 saturated heterocycles. The van der Waals surface area contributed by atoms with Gasteiger partial charge in [0, 0.05) is 0 Å². The van der Waals surface area contributed by atoms with Gasteiger partial charge in [0.15, 0.2) is 0 Å². The second kappa shape index (κ2) is 3.96. The van der Waals surface area contributed by atoms with Crippen molar-refractivity contribution in [1.29, 1.82) is 0 Å². The lowest BCUT2D eigenvalue weighted by Crippen LogP contribution is -2.28. The van der Waals surface area contributed by atoms with Gasteiger partial charge in [-0.25, -0.2) is 5.43 Å². The van der Waals surface area contributed by atoms with Gasteiger partial charge in [0.2, 0.25) is 0 Å². The van der Waals surface area contributed by atoms with Crippen LogP contribution in [0.2, 0.25) is 0 Å². The van der Waals surface area contributed by atoms with Crippen molar-refractivity contribution in [2.45, 2.75) is 13.0 Å². The van der Waals surface area contributed by atoms with Gasteiger partial charge in [-0.3, -0.25) is 5.84 Å². The van der Waals surface area contributed by atoms with E-state index in [4.69, 9.17) is 10.3 Å². The molecule has 2 rings (SSSR count). The van der Waals surface area contributed by atoms with E-state index in [0.29, 0.717) is 0 Å². The monoisotopic (exact) mass is 208 g/mol. The predicted octanol–water partition coefficient (Wildman–Crippen LogP) is 2.20. The maximum absolute atomic E-state index is 5.52. The second-order valence-corrected chi connectivity index (χ2v) is 3.88. The third kappa shape index (κ3) is 1.72. The molecule has 1 unspecified atom stereocenters.